The van der Waals surface area contributed by atoms with Crippen LogP contribution in [0.3, 0.4) is 0 Å². The van der Waals surface area contributed by atoms with E-state index in [0.717, 1.165) is 9.87 Å². The Morgan fingerprint density at radius 3 is 2.18 bits per heavy atom. The second kappa shape index (κ2) is 13.3. The van der Waals surface area contributed by atoms with Crippen LogP contribution < -0.4 is 14.4 Å². The molecule has 0 saturated carbocycles. The number of likely N-dealkylation sites (N-methyl/N-ethyl adjacent to an activating group) is 1. The number of hydrogen-bond acceptors (Lipinski definition) is 5. The maximum atomic E-state index is 13.9. The molecular weight excluding hydrogens is 526 g/mol. The number of ether oxygens (including phenoxy) is 1. The number of carbonyl (C=O) groups excluding carboxylic acids is 2. The zero-order chi connectivity index (χ0) is 27.7. The summed E-state index contributed by atoms with van der Waals surface area (Å²) >= 11 is 5.99. The van der Waals surface area contributed by atoms with Gasteiger partial charge < -0.3 is 15.0 Å². The maximum absolute atomic E-state index is 13.9. The van der Waals surface area contributed by atoms with Crippen LogP contribution in [0.1, 0.15) is 25.8 Å². The molecular formula is C28H32ClN3O5S. The number of sulfonamides is 1. The summed E-state index contributed by atoms with van der Waals surface area (Å²) in [4.78, 5) is 28.1. The highest BCUT2D eigenvalue weighted by Crippen LogP contribution is 2.33. The normalized spacial score (nSPS) is 11.9. The van der Waals surface area contributed by atoms with Gasteiger partial charge in [-0.05, 0) is 55.3 Å². The molecule has 0 aliphatic carbocycles. The molecule has 0 radical (unpaired) electrons. The number of anilines is 1. The number of nitrogens with zero attached hydrogens (tertiary/aromatic N) is 2. The van der Waals surface area contributed by atoms with Gasteiger partial charge in [0.1, 0.15) is 18.3 Å². The summed E-state index contributed by atoms with van der Waals surface area (Å²) < 4.78 is 34.6. The summed E-state index contributed by atoms with van der Waals surface area (Å²) in [6, 6.07) is 20.8. The highest BCUT2D eigenvalue weighted by molar-refractivity contribution is 7.92. The number of hydrogen-bond donors (Lipinski definition) is 1. The average molecular weight is 558 g/mol. The zero-order valence-corrected chi connectivity index (χ0v) is 23.2. The lowest BCUT2D eigenvalue weighted by molar-refractivity contribution is -0.140. The van der Waals surface area contributed by atoms with Crippen LogP contribution in [0.15, 0.2) is 83.8 Å². The van der Waals surface area contributed by atoms with Crippen molar-refractivity contribution in [2.45, 2.75) is 37.8 Å². The number of para-hydroxylation sites is 2. The van der Waals surface area contributed by atoms with E-state index in [1.165, 1.54) is 36.2 Å². The minimum atomic E-state index is -4.22. The van der Waals surface area contributed by atoms with Gasteiger partial charge in [0.15, 0.2) is 0 Å². The van der Waals surface area contributed by atoms with E-state index in [-0.39, 0.29) is 23.0 Å². The third-order valence-electron chi connectivity index (χ3n) is 5.94. The lowest BCUT2D eigenvalue weighted by atomic mass is 10.1. The Balaban J connectivity index is 2.10. The molecule has 3 aromatic rings. The fourth-order valence-corrected chi connectivity index (χ4v) is 5.60. The van der Waals surface area contributed by atoms with Crippen LogP contribution in [-0.4, -0.2) is 51.4 Å². The molecule has 202 valence electrons. The first-order valence-corrected chi connectivity index (χ1v) is 14.1. The predicted molar refractivity (Wildman–Crippen MR) is 149 cm³/mol. The summed E-state index contributed by atoms with van der Waals surface area (Å²) in [6.45, 7) is 3.48. The Kier molecular flexibility index (Phi) is 10.2. The first kappa shape index (κ1) is 29.0. The fourth-order valence-electron chi connectivity index (χ4n) is 4.05. The lowest BCUT2D eigenvalue weighted by Gasteiger charge is -2.33. The van der Waals surface area contributed by atoms with Crippen molar-refractivity contribution in [3.63, 3.8) is 0 Å². The van der Waals surface area contributed by atoms with Crippen LogP contribution in [-0.2, 0) is 26.2 Å². The van der Waals surface area contributed by atoms with Crippen molar-refractivity contribution >= 4 is 39.1 Å². The van der Waals surface area contributed by atoms with E-state index in [1.54, 1.807) is 38.1 Å². The van der Waals surface area contributed by atoms with Crippen LogP contribution in [0.4, 0.5) is 5.69 Å². The summed E-state index contributed by atoms with van der Waals surface area (Å²) in [5.74, 6) is -0.556. The molecule has 0 aromatic heterocycles. The van der Waals surface area contributed by atoms with E-state index in [1.807, 2.05) is 30.3 Å². The molecule has 1 N–H and O–H groups in total. The van der Waals surface area contributed by atoms with Crippen LogP contribution in [0.5, 0.6) is 5.75 Å². The van der Waals surface area contributed by atoms with Crippen molar-refractivity contribution in [2.24, 2.45) is 0 Å². The van der Waals surface area contributed by atoms with Gasteiger partial charge >= 0.3 is 0 Å². The van der Waals surface area contributed by atoms with E-state index in [0.29, 0.717) is 23.8 Å². The SMILES string of the molecule is CCOc1ccccc1N(CC(=O)N(Cc1ccccc1)[C@@H](CC)C(=O)NC)S(=O)(=O)c1ccc(Cl)cc1. The molecule has 0 fully saturated rings. The molecule has 2 amide bonds. The summed E-state index contributed by atoms with van der Waals surface area (Å²) in [6.07, 6.45) is 0.345. The van der Waals surface area contributed by atoms with Crippen molar-refractivity contribution < 1.29 is 22.7 Å². The van der Waals surface area contributed by atoms with Crippen molar-refractivity contribution in [1.82, 2.24) is 10.2 Å². The van der Waals surface area contributed by atoms with Crippen molar-refractivity contribution in [1.29, 1.82) is 0 Å². The van der Waals surface area contributed by atoms with E-state index in [9.17, 15) is 18.0 Å². The first-order valence-electron chi connectivity index (χ1n) is 12.3. The molecule has 8 nitrogen and oxygen atoms in total. The molecule has 1 atom stereocenters. The Morgan fingerprint density at radius 2 is 1.58 bits per heavy atom. The fraction of sp³-hybridized carbons (Fsp3) is 0.286. The van der Waals surface area contributed by atoms with Crippen LogP contribution >= 0.6 is 11.6 Å². The van der Waals surface area contributed by atoms with E-state index < -0.39 is 28.5 Å². The molecule has 0 unspecified atom stereocenters. The largest absolute Gasteiger partial charge is 0.492 e. The summed E-state index contributed by atoms with van der Waals surface area (Å²) in [5, 5.41) is 2.99. The minimum Gasteiger partial charge on any atom is -0.492 e. The standard InChI is InChI=1S/C28H32ClN3O5S/c1-4-24(28(34)30-3)31(19-21-11-7-6-8-12-21)27(33)20-32(25-13-9-10-14-26(25)37-5-2)38(35,36)23-17-15-22(29)16-18-23/h6-18,24H,4-5,19-20H2,1-3H3,(H,30,34)/t24-/m0/s1. The summed E-state index contributed by atoms with van der Waals surface area (Å²) in [5.41, 5.74) is 1.02. The highest BCUT2D eigenvalue weighted by Gasteiger charge is 2.34. The second-order valence-corrected chi connectivity index (χ2v) is 10.7. The zero-order valence-electron chi connectivity index (χ0n) is 21.6. The van der Waals surface area contributed by atoms with Crippen LogP contribution in [0.25, 0.3) is 0 Å². The Morgan fingerprint density at radius 1 is 0.947 bits per heavy atom. The van der Waals surface area contributed by atoms with Gasteiger partial charge in [0.05, 0.1) is 17.2 Å². The molecule has 0 heterocycles. The highest BCUT2D eigenvalue weighted by atomic mass is 35.5. The Labute approximate surface area is 229 Å². The van der Waals surface area contributed by atoms with Crippen molar-refractivity contribution in [3.05, 3.63) is 89.4 Å². The van der Waals surface area contributed by atoms with Gasteiger partial charge in [-0.25, -0.2) is 8.42 Å². The number of benzene rings is 3. The first-order chi connectivity index (χ1) is 18.2. The topological polar surface area (TPSA) is 96.0 Å². The van der Waals surface area contributed by atoms with Crippen molar-refractivity contribution in [2.75, 3.05) is 24.5 Å². The van der Waals surface area contributed by atoms with Gasteiger partial charge in [-0.1, -0.05) is 61.0 Å². The maximum Gasteiger partial charge on any atom is 0.264 e. The lowest BCUT2D eigenvalue weighted by Crippen LogP contribution is -2.51. The molecule has 0 spiro atoms. The molecule has 0 bridgehead atoms. The average Bonchev–Trinajstić information content (AvgIpc) is 2.92. The molecule has 3 aromatic carbocycles. The van der Waals surface area contributed by atoms with Gasteiger partial charge in [-0.2, -0.15) is 0 Å². The van der Waals surface area contributed by atoms with Crippen LogP contribution in [0.2, 0.25) is 5.02 Å². The smallest absolute Gasteiger partial charge is 0.264 e. The third kappa shape index (κ3) is 6.85. The van der Waals surface area contributed by atoms with Gasteiger partial charge in [-0.3, -0.25) is 13.9 Å². The van der Waals surface area contributed by atoms with E-state index in [2.05, 4.69) is 5.32 Å². The Bertz CT molecular complexity index is 1330. The number of carbonyl (C=O) groups is 2. The molecule has 10 heteroatoms. The van der Waals surface area contributed by atoms with Gasteiger partial charge in [0, 0.05) is 18.6 Å². The number of halogens is 1. The predicted octanol–water partition coefficient (Wildman–Crippen LogP) is 4.49. The third-order valence-corrected chi connectivity index (χ3v) is 7.97. The molecule has 0 saturated heterocycles. The summed E-state index contributed by atoms with van der Waals surface area (Å²) in [7, 11) is -2.72. The second-order valence-electron chi connectivity index (χ2n) is 8.41. The van der Waals surface area contributed by atoms with Gasteiger partial charge in [0.2, 0.25) is 11.8 Å². The van der Waals surface area contributed by atoms with Gasteiger partial charge in [0.25, 0.3) is 10.0 Å². The number of rotatable bonds is 12. The molecule has 38 heavy (non-hydrogen) atoms. The molecule has 3 rings (SSSR count). The molecule has 0 aliphatic rings. The van der Waals surface area contributed by atoms with E-state index in [4.69, 9.17) is 16.3 Å². The Hall–Kier alpha value is -3.56. The van der Waals surface area contributed by atoms with Crippen LogP contribution in [0, 0.1) is 0 Å². The molecule has 0 aliphatic heterocycles. The minimum absolute atomic E-state index is 0.0334. The van der Waals surface area contributed by atoms with Crippen molar-refractivity contribution in [3.8, 4) is 5.75 Å². The number of amides is 2. The van der Waals surface area contributed by atoms with Gasteiger partial charge in [-0.15, -0.1) is 0 Å². The number of nitrogens with one attached hydrogen (secondary N) is 1. The monoisotopic (exact) mass is 557 g/mol. The van der Waals surface area contributed by atoms with E-state index >= 15 is 0 Å². The quantitative estimate of drug-likeness (QED) is 0.354.